The number of alkyl carbamates (subject to hydrolysis) is 1. The first kappa shape index (κ1) is 16.4. The third kappa shape index (κ3) is 6.91. The van der Waals surface area contributed by atoms with Crippen LogP contribution in [0, 0.1) is 0 Å². The van der Waals surface area contributed by atoms with Crippen molar-refractivity contribution < 1.29 is 19.4 Å². The van der Waals surface area contributed by atoms with Gasteiger partial charge in [-0.05, 0) is 18.6 Å². The fourth-order valence-electron chi connectivity index (χ4n) is 1.41. The number of carbonyl (C=O) groups excluding carboxylic acids is 1. The second-order valence-electron chi connectivity index (χ2n) is 4.14. The Balaban J connectivity index is 2.43. The first-order chi connectivity index (χ1) is 10.1. The van der Waals surface area contributed by atoms with E-state index in [4.69, 9.17) is 9.84 Å². The molecule has 0 saturated carbocycles. The third-order valence-electron chi connectivity index (χ3n) is 2.47. The largest absolute Gasteiger partial charge is 0.480 e. The highest BCUT2D eigenvalue weighted by molar-refractivity contribution is 5.80. The van der Waals surface area contributed by atoms with E-state index in [-0.39, 0.29) is 13.2 Å². The van der Waals surface area contributed by atoms with Crippen LogP contribution in [0.4, 0.5) is 4.79 Å². The number of carbonyl (C=O) groups is 2. The summed E-state index contributed by atoms with van der Waals surface area (Å²) in [5, 5.41) is 11.3. The van der Waals surface area contributed by atoms with Gasteiger partial charge in [-0.3, -0.25) is 4.99 Å². The highest BCUT2D eigenvalue weighted by atomic mass is 16.5. The van der Waals surface area contributed by atoms with Crippen molar-refractivity contribution in [2.45, 2.75) is 19.6 Å². The molecule has 0 heterocycles. The Bertz CT molecular complexity index is 512. The highest BCUT2D eigenvalue weighted by Gasteiger charge is 2.19. The molecule has 21 heavy (non-hydrogen) atoms. The van der Waals surface area contributed by atoms with Gasteiger partial charge in [0.1, 0.15) is 12.6 Å². The van der Waals surface area contributed by atoms with Gasteiger partial charge in [0, 0.05) is 6.21 Å². The number of aliphatic imine (C=N–C) groups is 1. The molecule has 0 aromatic heterocycles. The van der Waals surface area contributed by atoms with Gasteiger partial charge >= 0.3 is 12.1 Å². The van der Waals surface area contributed by atoms with E-state index in [9.17, 15) is 9.59 Å². The van der Waals surface area contributed by atoms with Crippen LogP contribution in [0.15, 0.2) is 47.5 Å². The summed E-state index contributed by atoms with van der Waals surface area (Å²) in [7, 11) is 0. The zero-order valence-corrected chi connectivity index (χ0v) is 11.7. The van der Waals surface area contributed by atoms with Crippen molar-refractivity contribution in [3.05, 3.63) is 48.0 Å². The minimum Gasteiger partial charge on any atom is -0.480 e. The van der Waals surface area contributed by atoms with Crippen LogP contribution in [0.3, 0.4) is 0 Å². The van der Waals surface area contributed by atoms with Gasteiger partial charge in [-0.1, -0.05) is 36.4 Å². The smallest absolute Gasteiger partial charge is 0.408 e. The van der Waals surface area contributed by atoms with Crippen molar-refractivity contribution in [2.75, 3.05) is 6.54 Å². The molecule has 6 heteroatoms. The van der Waals surface area contributed by atoms with Gasteiger partial charge in [0.25, 0.3) is 0 Å². The van der Waals surface area contributed by atoms with Crippen LogP contribution >= 0.6 is 0 Å². The van der Waals surface area contributed by atoms with Crippen LogP contribution < -0.4 is 5.32 Å². The molecule has 0 aliphatic rings. The van der Waals surface area contributed by atoms with E-state index in [1.807, 2.05) is 37.3 Å². The van der Waals surface area contributed by atoms with Crippen molar-refractivity contribution in [2.24, 2.45) is 4.99 Å². The Labute approximate surface area is 123 Å². The molecule has 1 unspecified atom stereocenters. The van der Waals surface area contributed by atoms with Crippen LogP contribution in [0.25, 0.3) is 0 Å². The van der Waals surface area contributed by atoms with Gasteiger partial charge in [0.2, 0.25) is 0 Å². The topological polar surface area (TPSA) is 88.0 Å². The van der Waals surface area contributed by atoms with E-state index in [1.165, 1.54) is 6.21 Å². The fraction of sp³-hybridized carbons (Fsp3) is 0.267. The van der Waals surface area contributed by atoms with Crippen LogP contribution in [0.2, 0.25) is 0 Å². The summed E-state index contributed by atoms with van der Waals surface area (Å²) in [5.41, 5.74) is 0.825. The number of ether oxygens (including phenoxy) is 1. The molecular weight excluding hydrogens is 272 g/mol. The van der Waals surface area contributed by atoms with Crippen molar-refractivity contribution in [1.29, 1.82) is 0 Å². The Kier molecular flexibility index (Phi) is 7.28. The summed E-state index contributed by atoms with van der Waals surface area (Å²) < 4.78 is 4.96. The molecule has 0 aliphatic carbocycles. The summed E-state index contributed by atoms with van der Waals surface area (Å²) in [5.74, 6) is -1.16. The van der Waals surface area contributed by atoms with Gasteiger partial charge in [-0.2, -0.15) is 0 Å². The van der Waals surface area contributed by atoms with E-state index >= 15 is 0 Å². The van der Waals surface area contributed by atoms with Crippen LogP contribution in [0.1, 0.15) is 12.5 Å². The maximum atomic E-state index is 11.6. The molecular formula is C15H18N2O4. The number of nitrogens with one attached hydrogen (secondary N) is 1. The molecule has 1 aromatic rings. The standard InChI is InChI=1S/C15H18N2O4/c1-2-3-9-16-10-13(14(18)19)17-15(20)21-11-12-7-5-4-6-8-12/h2-9,13H,10-11H2,1H3,(H,17,20)(H,18,19)/b3-2-,16-9?. The van der Waals surface area contributed by atoms with Gasteiger partial charge < -0.3 is 15.2 Å². The predicted molar refractivity (Wildman–Crippen MR) is 79.4 cm³/mol. The monoisotopic (exact) mass is 290 g/mol. The second kappa shape index (κ2) is 9.30. The average Bonchev–Trinajstić information content (AvgIpc) is 2.49. The molecule has 0 saturated heterocycles. The zero-order valence-electron chi connectivity index (χ0n) is 11.7. The number of allylic oxidation sites excluding steroid dienone is 2. The zero-order chi connectivity index (χ0) is 15.5. The number of hydrogen-bond acceptors (Lipinski definition) is 4. The molecule has 6 nitrogen and oxygen atoms in total. The molecule has 1 amide bonds. The number of carboxylic acids is 1. The maximum absolute atomic E-state index is 11.6. The van der Waals surface area contributed by atoms with Crippen molar-refractivity contribution >= 4 is 18.3 Å². The van der Waals surface area contributed by atoms with E-state index in [2.05, 4.69) is 10.3 Å². The second-order valence-corrected chi connectivity index (χ2v) is 4.14. The SMILES string of the molecule is C/C=C\C=NCC(NC(=O)OCc1ccccc1)C(=O)O. The first-order valence-electron chi connectivity index (χ1n) is 6.44. The van der Waals surface area contributed by atoms with Crippen LogP contribution in [-0.2, 0) is 16.1 Å². The van der Waals surface area contributed by atoms with E-state index in [1.54, 1.807) is 12.2 Å². The lowest BCUT2D eigenvalue weighted by Crippen LogP contribution is -2.43. The van der Waals surface area contributed by atoms with Crippen molar-refractivity contribution in [3.63, 3.8) is 0 Å². The van der Waals surface area contributed by atoms with E-state index in [0.717, 1.165) is 5.56 Å². The molecule has 0 radical (unpaired) electrons. The number of rotatable bonds is 7. The minimum absolute atomic E-state index is 0.0554. The molecule has 0 bridgehead atoms. The summed E-state index contributed by atoms with van der Waals surface area (Å²) >= 11 is 0. The number of hydrogen-bond donors (Lipinski definition) is 2. The number of aliphatic carboxylic acids is 1. The number of nitrogens with zero attached hydrogens (tertiary/aromatic N) is 1. The lowest BCUT2D eigenvalue weighted by atomic mass is 10.2. The summed E-state index contributed by atoms with van der Waals surface area (Å²) in [4.78, 5) is 26.5. The quantitative estimate of drug-likeness (QED) is 0.752. The van der Waals surface area contributed by atoms with E-state index < -0.39 is 18.1 Å². The van der Waals surface area contributed by atoms with Gasteiger partial charge in [0.05, 0.1) is 6.54 Å². The highest BCUT2D eigenvalue weighted by Crippen LogP contribution is 2.00. The Hall–Kier alpha value is -2.63. The summed E-state index contributed by atoms with van der Waals surface area (Å²) in [6.45, 7) is 1.85. The number of carboxylic acid groups (broad SMARTS) is 1. The van der Waals surface area contributed by atoms with Gasteiger partial charge in [-0.25, -0.2) is 9.59 Å². The van der Waals surface area contributed by atoms with Crippen molar-refractivity contribution in [3.8, 4) is 0 Å². The molecule has 0 fully saturated rings. The molecule has 112 valence electrons. The lowest BCUT2D eigenvalue weighted by molar-refractivity contribution is -0.139. The van der Waals surface area contributed by atoms with Gasteiger partial charge in [0.15, 0.2) is 0 Å². The lowest BCUT2D eigenvalue weighted by Gasteiger charge is -2.12. The molecule has 2 N–H and O–H groups in total. The van der Waals surface area contributed by atoms with Gasteiger partial charge in [-0.15, -0.1) is 0 Å². The summed E-state index contributed by atoms with van der Waals surface area (Å²) in [6.07, 6.45) is 4.13. The molecule has 0 aliphatic heterocycles. The first-order valence-corrected chi connectivity index (χ1v) is 6.44. The Morgan fingerprint density at radius 3 is 2.71 bits per heavy atom. The Morgan fingerprint density at radius 1 is 1.38 bits per heavy atom. The number of benzene rings is 1. The van der Waals surface area contributed by atoms with Crippen LogP contribution in [-0.4, -0.2) is 36.0 Å². The maximum Gasteiger partial charge on any atom is 0.408 e. The predicted octanol–water partition coefficient (Wildman–Crippen LogP) is 2.01. The summed E-state index contributed by atoms with van der Waals surface area (Å²) in [6, 6.07) is 8.01. The third-order valence-corrected chi connectivity index (χ3v) is 2.47. The average molecular weight is 290 g/mol. The molecule has 1 aromatic carbocycles. The van der Waals surface area contributed by atoms with E-state index in [0.29, 0.717) is 0 Å². The fourth-order valence-corrected chi connectivity index (χ4v) is 1.41. The Morgan fingerprint density at radius 2 is 2.10 bits per heavy atom. The van der Waals surface area contributed by atoms with Crippen molar-refractivity contribution in [1.82, 2.24) is 5.32 Å². The normalized spacial score (nSPS) is 12.4. The molecule has 1 rings (SSSR count). The number of amides is 1. The van der Waals surface area contributed by atoms with Crippen LogP contribution in [0.5, 0.6) is 0 Å². The molecule has 0 spiro atoms. The molecule has 1 atom stereocenters. The minimum atomic E-state index is -1.16.